The molecule has 0 fully saturated rings. The van der Waals surface area contributed by atoms with E-state index in [4.69, 9.17) is 46.4 Å². The maximum atomic E-state index is 12.2. The Bertz CT molecular complexity index is 918. The van der Waals surface area contributed by atoms with Crippen molar-refractivity contribution in [3.63, 3.8) is 0 Å². The van der Waals surface area contributed by atoms with E-state index in [9.17, 15) is 4.79 Å². The molecule has 0 saturated carbocycles. The standard InChI is InChI=1S/C16H10Cl4N4O/c17-9-2-1-3-11(6-9)24-5-4-14(23-24)16(25)22-21-15-12(19)7-10(18)8-13(15)20/h1-8,21H,(H,22,25). The van der Waals surface area contributed by atoms with Gasteiger partial charge in [0.1, 0.15) is 0 Å². The normalized spacial score (nSPS) is 10.6. The van der Waals surface area contributed by atoms with Gasteiger partial charge in [-0.05, 0) is 36.4 Å². The van der Waals surface area contributed by atoms with Crippen molar-refractivity contribution in [3.05, 3.63) is 74.4 Å². The lowest BCUT2D eigenvalue weighted by atomic mass is 10.3. The monoisotopic (exact) mass is 414 g/mol. The van der Waals surface area contributed by atoms with Gasteiger partial charge in [0.2, 0.25) is 0 Å². The molecule has 0 radical (unpaired) electrons. The average molecular weight is 416 g/mol. The zero-order chi connectivity index (χ0) is 18.0. The SMILES string of the molecule is O=C(NNc1c(Cl)cc(Cl)cc1Cl)c1ccn(-c2cccc(Cl)c2)n1. The number of nitrogens with one attached hydrogen (secondary N) is 2. The molecule has 0 aliphatic heterocycles. The van der Waals surface area contributed by atoms with Gasteiger partial charge in [0, 0.05) is 16.2 Å². The molecule has 0 saturated heterocycles. The van der Waals surface area contributed by atoms with Crippen molar-refractivity contribution in [2.24, 2.45) is 0 Å². The number of hydrazine groups is 1. The zero-order valence-electron chi connectivity index (χ0n) is 12.4. The molecule has 128 valence electrons. The van der Waals surface area contributed by atoms with Crippen LogP contribution in [0.1, 0.15) is 10.5 Å². The molecule has 25 heavy (non-hydrogen) atoms. The lowest BCUT2D eigenvalue weighted by Gasteiger charge is -2.11. The summed E-state index contributed by atoms with van der Waals surface area (Å²) in [7, 11) is 0. The van der Waals surface area contributed by atoms with Crippen LogP contribution < -0.4 is 10.9 Å². The molecule has 2 aromatic carbocycles. The Morgan fingerprint density at radius 3 is 2.36 bits per heavy atom. The third kappa shape index (κ3) is 4.19. The summed E-state index contributed by atoms with van der Waals surface area (Å²) < 4.78 is 1.54. The Balaban J connectivity index is 1.73. The van der Waals surface area contributed by atoms with E-state index < -0.39 is 5.91 Å². The lowest BCUT2D eigenvalue weighted by molar-refractivity contribution is 0.0957. The summed E-state index contributed by atoms with van der Waals surface area (Å²) in [6.45, 7) is 0. The molecule has 3 aromatic rings. The van der Waals surface area contributed by atoms with Crippen LogP contribution in [0.15, 0.2) is 48.7 Å². The van der Waals surface area contributed by atoms with Crippen LogP contribution in [0.25, 0.3) is 5.69 Å². The molecule has 1 amide bonds. The summed E-state index contributed by atoms with van der Waals surface area (Å²) in [5.74, 6) is -0.456. The molecule has 1 heterocycles. The Morgan fingerprint density at radius 2 is 1.68 bits per heavy atom. The highest BCUT2D eigenvalue weighted by Crippen LogP contribution is 2.33. The molecule has 0 aliphatic rings. The molecule has 0 atom stereocenters. The van der Waals surface area contributed by atoms with Crippen LogP contribution in [-0.2, 0) is 0 Å². The maximum absolute atomic E-state index is 12.2. The van der Waals surface area contributed by atoms with Crippen LogP contribution in [0, 0.1) is 0 Å². The van der Waals surface area contributed by atoms with Crippen LogP contribution in [0.3, 0.4) is 0 Å². The Morgan fingerprint density at radius 1 is 0.960 bits per heavy atom. The summed E-state index contributed by atoms with van der Waals surface area (Å²) in [6.07, 6.45) is 1.66. The molecule has 9 heteroatoms. The van der Waals surface area contributed by atoms with Crippen molar-refractivity contribution >= 4 is 58.0 Å². The van der Waals surface area contributed by atoms with Gasteiger partial charge in [-0.3, -0.25) is 15.6 Å². The fraction of sp³-hybridized carbons (Fsp3) is 0. The van der Waals surface area contributed by atoms with Crippen molar-refractivity contribution in [1.29, 1.82) is 0 Å². The first-order chi connectivity index (χ1) is 11.9. The maximum Gasteiger partial charge on any atom is 0.290 e. The van der Waals surface area contributed by atoms with Crippen LogP contribution in [0.4, 0.5) is 5.69 Å². The van der Waals surface area contributed by atoms with Crippen LogP contribution in [0.5, 0.6) is 0 Å². The fourth-order valence-electron chi connectivity index (χ4n) is 2.05. The predicted octanol–water partition coefficient (Wildman–Crippen LogP) is 5.24. The minimum Gasteiger partial charge on any atom is -0.295 e. The summed E-state index contributed by atoms with van der Waals surface area (Å²) in [4.78, 5) is 12.2. The number of hydrogen-bond acceptors (Lipinski definition) is 3. The van der Waals surface area contributed by atoms with Gasteiger partial charge in [-0.2, -0.15) is 5.10 Å². The molecule has 1 aromatic heterocycles. The van der Waals surface area contributed by atoms with E-state index in [1.807, 2.05) is 6.07 Å². The van der Waals surface area contributed by atoms with Gasteiger partial charge in [0.25, 0.3) is 5.91 Å². The van der Waals surface area contributed by atoms with Crippen molar-refractivity contribution < 1.29 is 4.79 Å². The number of aromatic nitrogens is 2. The molecule has 0 unspecified atom stereocenters. The van der Waals surface area contributed by atoms with E-state index >= 15 is 0 Å². The molecular formula is C16H10Cl4N4O. The van der Waals surface area contributed by atoms with Gasteiger partial charge in [0.15, 0.2) is 5.69 Å². The zero-order valence-corrected chi connectivity index (χ0v) is 15.5. The average Bonchev–Trinajstić information content (AvgIpc) is 3.03. The number of anilines is 1. The van der Waals surface area contributed by atoms with Crippen molar-refractivity contribution in [2.45, 2.75) is 0 Å². The molecular weight excluding hydrogens is 406 g/mol. The second-order valence-electron chi connectivity index (χ2n) is 4.95. The van der Waals surface area contributed by atoms with Gasteiger partial charge >= 0.3 is 0 Å². The summed E-state index contributed by atoms with van der Waals surface area (Å²) in [5, 5.41) is 5.74. The topological polar surface area (TPSA) is 59.0 Å². The molecule has 0 aliphatic carbocycles. The molecule has 0 bridgehead atoms. The van der Waals surface area contributed by atoms with E-state index in [2.05, 4.69) is 16.0 Å². The number of benzene rings is 2. The highest BCUT2D eigenvalue weighted by molar-refractivity contribution is 6.41. The minimum atomic E-state index is -0.456. The summed E-state index contributed by atoms with van der Waals surface area (Å²) in [6, 6.07) is 11.7. The van der Waals surface area contributed by atoms with E-state index in [1.165, 1.54) is 12.1 Å². The molecule has 5 nitrogen and oxygen atoms in total. The van der Waals surface area contributed by atoms with Gasteiger partial charge in [0.05, 0.1) is 21.4 Å². The highest BCUT2D eigenvalue weighted by atomic mass is 35.5. The smallest absolute Gasteiger partial charge is 0.290 e. The Kier molecular flexibility index (Phi) is 5.39. The van der Waals surface area contributed by atoms with E-state index in [0.717, 1.165) is 5.69 Å². The van der Waals surface area contributed by atoms with Gasteiger partial charge < -0.3 is 0 Å². The minimum absolute atomic E-state index is 0.202. The van der Waals surface area contributed by atoms with Crippen molar-refractivity contribution in [2.75, 3.05) is 5.43 Å². The first-order valence-electron chi connectivity index (χ1n) is 6.96. The Labute approximate surface area is 163 Å². The fourth-order valence-corrected chi connectivity index (χ4v) is 3.15. The second-order valence-corrected chi connectivity index (χ2v) is 6.64. The quantitative estimate of drug-likeness (QED) is 0.572. The van der Waals surface area contributed by atoms with E-state index in [0.29, 0.717) is 15.7 Å². The summed E-state index contributed by atoms with van der Waals surface area (Å²) >= 11 is 23.9. The third-order valence-electron chi connectivity index (χ3n) is 3.20. The van der Waals surface area contributed by atoms with E-state index in [1.54, 1.807) is 35.1 Å². The van der Waals surface area contributed by atoms with Gasteiger partial charge in [-0.15, -0.1) is 0 Å². The first kappa shape index (κ1) is 17.9. The van der Waals surface area contributed by atoms with Gasteiger partial charge in [-0.25, -0.2) is 4.68 Å². The van der Waals surface area contributed by atoms with Crippen LogP contribution in [0.2, 0.25) is 20.1 Å². The molecule has 0 spiro atoms. The number of rotatable bonds is 4. The largest absolute Gasteiger partial charge is 0.295 e. The summed E-state index contributed by atoms with van der Waals surface area (Å²) in [5.41, 5.74) is 6.45. The van der Waals surface area contributed by atoms with Gasteiger partial charge in [-0.1, -0.05) is 52.5 Å². The van der Waals surface area contributed by atoms with Crippen LogP contribution >= 0.6 is 46.4 Å². The molecule has 2 N–H and O–H groups in total. The number of carbonyl (C=O) groups is 1. The second kappa shape index (κ2) is 7.54. The van der Waals surface area contributed by atoms with Crippen molar-refractivity contribution in [3.8, 4) is 5.69 Å². The number of halogens is 4. The molecule has 3 rings (SSSR count). The first-order valence-corrected chi connectivity index (χ1v) is 8.48. The number of hydrogen-bond donors (Lipinski definition) is 2. The Hall–Kier alpha value is -1.92. The third-order valence-corrected chi connectivity index (χ3v) is 4.25. The lowest BCUT2D eigenvalue weighted by Crippen LogP contribution is -2.30. The van der Waals surface area contributed by atoms with E-state index in [-0.39, 0.29) is 15.7 Å². The van der Waals surface area contributed by atoms with Crippen molar-refractivity contribution in [1.82, 2.24) is 15.2 Å². The van der Waals surface area contributed by atoms with Crippen LogP contribution in [-0.4, -0.2) is 15.7 Å². The highest BCUT2D eigenvalue weighted by Gasteiger charge is 2.13. The number of carbonyl (C=O) groups excluding carboxylic acids is 1. The number of nitrogens with zero attached hydrogens (tertiary/aromatic N) is 2. The predicted molar refractivity (Wildman–Crippen MR) is 101 cm³/mol. The number of amides is 1.